The van der Waals surface area contributed by atoms with E-state index in [1.165, 1.54) is 99.1 Å². The predicted molar refractivity (Wildman–Crippen MR) is 437 cm³/mol. The van der Waals surface area contributed by atoms with Crippen LogP contribution in [0.4, 0.5) is 0 Å². The van der Waals surface area contributed by atoms with Crippen molar-refractivity contribution < 1.29 is 95.1 Å². The molecule has 0 heterocycles. The predicted octanol–water partition coefficient (Wildman–Crippen LogP) is 20.1. The molecule has 0 bridgehead atoms. The van der Waals surface area contributed by atoms with Crippen molar-refractivity contribution in [1.82, 2.24) is 0 Å². The van der Waals surface area contributed by atoms with Crippen molar-refractivity contribution in [2.24, 2.45) is 0 Å². The normalized spacial score (nSPS) is 10.9. The van der Waals surface area contributed by atoms with E-state index < -0.39 is 41.8 Å². The molecule has 20 nitrogen and oxygen atoms in total. The van der Waals surface area contributed by atoms with Gasteiger partial charge < -0.3 is 61.6 Å². The topological polar surface area (TPSA) is 239 Å². The third kappa shape index (κ3) is 31.4. The summed E-state index contributed by atoms with van der Waals surface area (Å²) in [5.41, 5.74) is 10.7. The first kappa shape index (κ1) is 88.4. The highest BCUT2D eigenvalue weighted by molar-refractivity contribution is 5.99. The van der Waals surface area contributed by atoms with Gasteiger partial charge in [-0.3, -0.25) is 0 Å². The van der Waals surface area contributed by atoms with Gasteiger partial charge in [0.2, 0.25) is 0 Å². The van der Waals surface area contributed by atoms with Crippen molar-refractivity contribution in [3.8, 4) is 40.2 Å². The minimum Gasteiger partial charge on any atom is -0.494 e. The Bertz CT molecular complexity index is 4000. The van der Waals surface area contributed by atoms with Crippen LogP contribution in [-0.2, 0) is 28.4 Å². The van der Waals surface area contributed by atoms with Gasteiger partial charge in [-0.2, -0.15) is 0 Å². The minimum atomic E-state index is -0.859. The molecular formula is C94H112O20. The third-order valence-corrected chi connectivity index (χ3v) is 19.3. The zero-order valence-electron chi connectivity index (χ0n) is 67.8. The van der Waals surface area contributed by atoms with Gasteiger partial charge in [-0.25, -0.2) is 33.6 Å². The summed E-state index contributed by atoms with van der Waals surface area (Å²) in [6, 6.07) is 43.4. The molecule has 0 unspecified atom stereocenters. The Morgan fingerprint density at radius 3 is 0.658 bits per heavy atom. The van der Waals surface area contributed by atoms with E-state index in [-0.39, 0.29) is 122 Å². The van der Waals surface area contributed by atoms with Crippen LogP contribution < -0.4 is 33.2 Å². The van der Waals surface area contributed by atoms with Crippen LogP contribution in [0.15, 0.2) is 152 Å². The molecule has 114 heavy (non-hydrogen) atoms. The molecule has 0 saturated heterocycles. The van der Waals surface area contributed by atoms with Crippen molar-refractivity contribution in [2.45, 2.75) is 178 Å². The van der Waals surface area contributed by atoms with Gasteiger partial charge in [0, 0.05) is 12.8 Å². The van der Waals surface area contributed by atoms with Crippen molar-refractivity contribution >= 4 is 41.8 Å². The van der Waals surface area contributed by atoms with Crippen LogP contribution in [0, 0.1) is 62.3 Å². The maximum absolute atomic E-state index is 13.9. The van der Waals surface area contributed by atoms with E-state index in [0.29, 0.717) is 52.1 Å². The van der Waals surface area contributed by atoms with Gasteiger partial charge in [-0.05, 0) is 325 Å². The second kappa shape index (κ2) is 48.0. The molecule has 20 heteroatoms. The number of aryl methyl sites for hydroxylation is 9. The number of rotatable bonds is 50. The molecule has 0 N–H and O–H groups in total. The Morgan fingerprint density at radius 1 is 0.184 bits per heavy atom. The molecule has 0 aliphatic heterocycles. The Balaban J connectivity index is 0.837. The smallest absolute Gasteiger partial charge is 0.343 e. The van der Waals surface area contributed by atoms with Crippen LogP contribution in [0.2, 0.25) is 0 Å². The van der Waals surface area contributed by atoms with Gasteiger partial charge in [-0.15, -0.1) is 0 Å². The molecule has 0 spiro atoms. The van der Waals surface area contributed by atoms with Crippen LogP contribution in [0.3, 0.4) is 0 Å². The summed E-state index contributed by atoms with van der Waals surface area (Å²) < 4.78 is 75.7. The lowest BCUT2D eigenvalue weighted by Gasteiger charge is -2.13. The molecule has 0 atom stereocenters. The number of unbranched alkanes of at least 4 members (excludes halogenated alkanes) is 12. The standard InChI is InChI=1S/C94H112O20/c1-65-28-34-74(35-29-65)94(101)114-87-63-79(92(99)112-50-26-48-106-85-59-75(88(95)108-44-22-14-10-18-40-102-81-36-30-66(2)70(6)52-81)56-76(60-85)89(96)109-45-23-15-11-19-41-103-82-37-31-67(3)71(7)53-82)58-80(64-87)93(100)113-51-27-49-107-86-61-77(90(97)110-46-24-16-12-20-42-104-83-38-32-68(4)72(8)54-83)57-78(62-86)91(98)111-47-25-17-13-21-43-105-84-39-33-69(5)73(9)55-84/h28-39,52-64H,10-27,40-51H2,1-9H3. The Morgan fingerprint density at radius 2 is 0.404 bits per heavy atom. The van der Waals surface area contributed by atoms with Crippen LogP contribution >= 0.6 is 0 Å². The van der Waals surface area contributed by atoms with Crippen LogP contribution in [0.5, 0.6) is 40.2 Å². The molecule has 0 amide bonds. The summed E-state index contributed by atoms with van der Waals surface area (Å²) in [7, 11) is 0. The molecule has 0 fully saturated rings. The molecular weight excluding hydrogens is 1450 g/mol. The summed E-state index contributed by atoms with van der Waals surface area (Å²) >= 11 is 0. The summed E-state index contributed by atoms with van der Waals surface area (Å²) in [5, 5.41) is 0. The zero-order valence-corrected chi connectivity index (χ0v) is 67.8. The SMILES string of the molecule is Cc1ccc(C(=O)Oc2cc(C(=O)OCCCOc3cc(C(=O)OCCCCCCOc4ccc(C)c(C)c4)cc(C(=O)OCCCCCCOc4ccc(C)c(C)c4)c3)cc(C(=O)OCCCOc3cc(C(=O)OCCCCCCOc4ccc(C)c(C)c4)cc(C(=O)OCCCCCCOc4ccc(C)c(C)c4)c3)c2)cc1. The monoisotopic (exact) mass is 1560 g/mol. The number of benzene rings is 8. The molecule has 8 aromatic carbocycles. The molecule has 0 aliphatic rings. The van der Waals surface area contributed by atoms with E-state index in [1.807, 2.05) is 79.7 Å². The van der Waals surface area contributed by atoms with Gasteiger partial charge >= 0.3 is 41.8 Å². The second-order valence-corrected chi connectivity index (χ2v) is 28.7. The largest absolute Gasteiger partial charge is 0.494 e. The van der Waals surface area contributed by atoms with Crippen molar-refractivity contribution in [3.05, 3.63) is 241 Å². The summed E-state index contributed by atoms with van der Waals surface area (Å²) in [5.74, 6) is -1.47. The van der Waals surface area contributed by atoms with Gasteiger partial charge in [0.05, 0.1) is 118 Å². The highest BCUT2D eigenvalue weighted by Gasteiger charge is 2.22. The van der Waals surface area contributed by atoms with Gasteiger partial charge in [0.25, 0.3) is 0 Å². The van der Waals surface area contributed by atoms with E-state index >= 15 is 0 Å². The van der Waals surface area contributed by atoms with Crippen molar-refractivity contribution in [1.29, 1.82) is 0 Å². The van der Waals surface area contributed by atoms with E-state index in [2.05, 4.69) is 55.4 Å². The molecule has 8 aromatic rings. The Kier molecular flexibility index (Phi) is 37.3. The molecule has 0 aliphatic carbocycles. The number of esters is 7. The van der Waals surface area contributed by atoms with Crippen molar-refractivity contribution in [2.75, 3.05) is 79.3 Å². The average Bonchev–Trinajstić information content (AvgIpc) is 0.856. The quantitative estimate of drug-likeness (QED) is 0.0149. The summed E-state index contributed by atoms with van der Waals surface area (Å²) in [4.78, 5) is 95.5. The lowest BCUT2D eigenvalue weighted by atomic mass is 10.1. The number of carbonyl (C=O) groups is 7. The fourth-order valence-corrected chi connectivity index (χ4v) is 11.8. The average molecular weight is 1560 g/mol. The van der Waals surface area contributed by atoms with Crippen molar-refractivity contribution in [3.63, 3.8) is 0 Å². The van der Waals surface area contributed by atoms with Crippen LogP contribution in [0.25, 0.3) is 0 Å². The fourth-order valence-electron chi connectivity index (χ4n) is 11.8. The maximum atomic E-state index is 13.9. The molecule has 0 saturated carbocycles. The number of hydrogen-bond acceptors (Lipinski definition) is 20. The van der Waals surface area contributed by atoms with Crippen LogP contribution in [-0.4, -0.2) is 121 Å². The third-order valence-electron chi connectivity index (χ3n) is 19.3. The highest BCUT2D eigenvalue weighted by atomic mass is 16.6. The summed E-state index contributed by atoms with van der Waals surface area (Å²) in [6.07, 6.45) is 12.8. The second-order valence-electron chi connectivity index (χ2n) is 28.7. The van der Waals surface area contributed by atoms with E-state index in [4.69, 9.17) is 61.6 Å². The van der Waals surface area contributed by atoms with Gasteiger partial charge in [0.15, 0.2) is 0 Å². The fraction of sp³-hybridized carbons (Fsp3) is 0.415. The Hall–Kier alpha value is -11.2. The lowest BCUT2D eigenvalue weighted by Crippen LogP contribution is -2.15. The van der Waals surface area contributed by atoms with Crippen LogP contribution in [0.1, 0.15) is 238 Å². The zero-order chi connectivity index (χ0) is 81.4. The maximum Gasteiger partial charge on any atom is 0.343 e. The molecule has 0 aromatic heterocycles. The van der Waals surface area contributed by atoms with E-state index in [0.717, 1.165) is 106 Å². The van der Waals surface area contributed by atoms with Gasteiger partial charge in [-0.1, -0.05) is 42.0 Å². The number of hydrogen-bond donors (Lipinski definition) is 0. The first-order chi connectivity index (χ1) is 55.1. The van der Waals surface area contributed by atoms with E-state index in [1.54, 1.807) is 24.3 Å². The molecule has 608 valence electrons. The first-order valence-corrected chi connectivity index (χ1v) is 40.0. The number of carbonyl (C=O) groups excluding carboxylic acids is 7. The summed E-state index contributed by atoms with van der Waals surface area (Å²) in [6.45, 7) is 20.8. The highest BCUT2D eigenvalue weighted by Crippen LogP contribution is 2.27. The molecule has 8 rings (SSSR count). The lowest BCUT2D eigenvalue weighted by molar-refractivity contribution is 0.0463. The first-order valence-electron chi connectivity index (χ1n) is 40.0. The Labute approximate surface area is 671 Å². The molecule has 0 radical (unpaired) electrons. The minimum absolute atomic E-state index is 0.0250. The van der Waals surface area contributed by atoms with Gasteiger partial charge in [0.1, 0.15) is 40.2 Å². The number of ether oxygens (including phenoxy) is 13. The van der Waals surface area contributed by atoms with E-state index in [9.17, 15) is 33.6 Å².